The quantitative estimate of drug-likeness (QED) is 0.593. The van der Waals surface area contributed by atoms with Gasteiger partial charge in [0.25, 0.3) is 0 Å². The Hall–Kier alpha value is -0.370. The third-order valence-electron chi connectivity index (χ3n) is 2.32. The Bertz CT molecular complexity index is 127. The van der Waals surface area contributed by atoms with Crippen molar-refractivity contribution in [3.05, 3.63) is 0 Å². The molecule has 9 heavy (non-hydrogen) atoms. The van der Waals surface area contributed by atoms with Gasteiger partial charge in [-0.05, 0) is 12.8 Å². The Morgan fingerprint density at radius 2 is 2.22 bits per heavy atom. The summed E-state index contributed by atoms with van der Waals surface area (Å²) in [5.41, 5.74) is 5.19. The van der Waals surface area contributed by atoms with Gasteiger partial charge in [0, 0.05) is 5.41 Å². The molecule has 0 amide bonds. The van der Waals surface area contributed by atoms with E-state index in [-0.39, 0.29) is 17.7 Å². The fraction of sp³-hybridized carbons (Fsp3) is 0.857. The number of carbonyl (C=O) groups is 1. The van der Waals surface area contributed by atoms with E-state index in [1.807, 2.05) is 6.92 Å². The Kier molecular flexibility index (Phi) is 1.58. The van der Waals surface area contributed by atoms with Gasteiger partial charge in [-0.1, -0.05) is 13.3 Å². The molecule has 0 aromatic rings. The number of carbonyl (C=O) groups excluding carboxylic acids is 1. The van der Waals surface area contributed by atoms with Gasteiger partial charge >= 0.3 is 0 Å². The fourth-order valence-electron chi connectivity index (χ4n) is 1.23. The molecule has 2 nitrogen and oxygen atoms in total. The Morgan fingerprint density at radius 3 is 2.33 bits per heavy atom. The molecule has 1 saturated carbocycles. The van der Waals surface area contributed by atoms with Crippen LogP contribution in [0.1, 0.15) is 26.2 Å². The molecule has 0 radical (unpaired) electrons. The third-order valence-corrected chi connectivity index (χ3v) is 2.32. The van der Waals surface area contributed by atoms with Crippen LogP contribution in [-0.4, -0.2) is 12.3 Å². The largest absolute Gasteiger partial charge is 0.324 e. The van der Waals surface area contributed by atoms with E-state index in [2.05, 4.69) is 0 Å². The second-order valence-corrected chi connectivity index (χ2v) is 3.04. The van der Waals surface area contributed by atoms with Crippen LogP contribution in [-0.2, 0) is 4.79 Å². The Morgan fingerprint density at radius 1 is 1.67 bits per heavy atom. The lowest BCUT2D eigenvalue weighted by Gasteiger charge is -2.36. The highest BCUT2D eigenvalue weighted by Crippen LogP contribution is 2.40. The summed E-state index contributed by atoms with van der Waals surface area (Å²) in [4.78, 5) is 11.0. The highest BCUT2D eigenvalue weighted by molar-refractivity contribution is 5.86. The molecule has 0 aliphatic heterocycles. The number of Topliss-reactive ketones (excluding diaryl/α,β-unsaturated/α-hetero) is 1. The van der Waals surface area contributed by atoms with Crippen LogP contribution in [0.5, 0.6) is 0 Å². The second-order valence-electron chi connectivity index (χ2n) is 3.04. The van der Waals surface area contributed by atoms with Crippen molar-refractivity contribution >= 4 is 5.78 Å². The van der Waals surface area contributed by atoms with Gasteiger partial charge in [-0.3, -0.25) is 4.79 Å². The van der Waals surface area contributed by atoms with Gasteiger partial charge in [0.2, 0.25) is 0 Å². The topological polar surface area (TPSA) is 43.1 Å². The summed E-state index contributed by atoms with van der Waals surface area (Å²) >= 11 is 0. The smallest absolute Gasteiger partial charge is 0.152 e. The average molecular weight is 127 g/mol. The molecule has 0 unspecified atom stereocenters. The highest BCUT2D eigenvalue weighted by Gasteiger charge is 2.37. The maximum Gasteiger partial charge on any atom is 0.152 e. The predicted octanol–water partition coefficient (Wildman–Crippen LogP) is 0.704. The van der Waals surface area contributed by atoms with Gasteiger partial charge in [0.1, 0.15) is 0 Å². The molecule has 1 aliphatic carbocycles. The minimum Gasteiger partial charge on any atom is -0.324 e. The zero-order chi connectivity index (χ0) is 6.91. The van der Waals surface area contributed by atoms with E-state index in [0.29, 0.717) is 0 Å². The van der Waals surface area contributed by atoms with E-state index in [1.54, 1.807) is 0 Å². The molecule has 0 bridgehead atoms. The molecule has 1 fully saturated rings. The van der Waals surface area contributed by atoms with Crippen molar-refractivity contribution in [1.29, 1.82) is 0 Å². The summed E-state index contributed by atoms with van der Waals surface area (Å²) in [6.45, 7) is 2.22. The van der Waals surface area contributed by atoms with Crippen molar-refractivity contribution in [2.75, 3.05) is 6.54 Å². The first-order chi connectivity index (χ1) is 4.19. The Labute approximate surface area is 55.4 Å². The van der Waals surface area contributed by atoms with Crippen molar-refractivity contribution in [3.8, 4) is 0 Å². The van der Waals surface area contributed by atoms with Crippen molar-refractivity contribution in [2.24, 2.45) is 11.1 Å². The Balaban J connectivity index is 2.49. The normalized spacial score (nSPS) is 22.9. The molecule has 1 rings (SSSR count). The number of hydrogen-bond acceptors (Lipinski definition) is 2. The van der Waals surface area contributed by atoms with E-state index >= 15 is 0 Å². The maximum atomic E-state index is 11.0. The monoisotopic (exact) mass is 127 g/mol. The molecular formula is C7H13NO. The first kappa shape index (κ1) is 6.75. The molecule has 0 atom stereocenters. The van der Waals surface area contributed by atoms with Gasteiger partial charge in [-0.2, -0.15) is 0 Å². The van der Waals surface area contributed by atoms with Gasteiger partial charge in [0.15, 0.2) is 5.78 Å². The zero-order valence-corrected chi connectivity index (χ0v) is 5.81. The summed E-state index contributed by atoms with van der Waals surface area (Å²) in [5, 5.41) is 0. The molecule has 0 aromatic carbocycles. The molecule has 1 aliphatic rings. The van der Waals surface area contributed by atoms with E-state index in [1.165, 1.54) is 6.42 Å². The summed E-state index contributed by atoms with van der Waals surface area (Å²) in [5.74, 6) is 0.230. The number of ketones is 1. The van der Waals surface area contributed by atoms with Crippen LogP contribution in [0.15, 0.2) is 0 Å². The third kappa shape index (κ3) is 0.990. The lowest BCUT2D eigenvalue weighted by atomic mass is 9.67. The minimum atomic E-state index is -0.0330. The van der Waals surface area contributed by atoms with E-state index in [9.17, 15) is 4.79 Å². The van der Waals surface area contributed by atoms with Crippen molar-refractivity contribution in [2.45, 2.75) is 26.2 Å². The van der Waals surface area contributed by atoms with E-state index in [4.69, 9.17) is 5.73 Å². The molecule has 52 valence electrons. The van der Waals surface area contributed by atoms with Crippen molar-refractivity contribution < 1.29 is 4.79 Å². The lowest BCUT2D eigenvalue weighted by Crippen LogP contribution is -2.38. The highest BCUT2D eigenvalue weighted by atomic mass is 16.1. The number of nitrogens with two attached hydrogens (primary N) is 1. The van der Waals surface area contributed by atoms with E-state index in [0.717, 1.165) is 12.8 Å². The summed E-state index contributed by atoms with van der Waals surface area (Å²) in [6, 6.07) is 0. The second kappa shape index (κ2) is 2.10. The SMILES string of the molecule is CC1(C(=O)CN)CCC1. The van der Waals surface area contributed by atoms with Gasteiger partial charge in [-0.25, -0.2) is 0 Å². The predicted molar refractivity (Wildman–Crippen MR) is 36.0 cm³/mol. The van der Waals surface area contributed by atoms with Crippen LogP contribution in [0.25, 0.3) is 0 Å². The fourth-order valence-corrected chi connectivity index (χ4v) is 1.23. The number of hydrogen-bond donors (Lipinski definition) is 1. The van der Waals surface area contributed by atoms with Crippen LogP contribution in [0.2, 0.25) is 0 Å². The first-order valence-electron chi connectivity index (χ1n) is 3.42. The molecule has 2 heteroatoms. The maximum absolute atomic E-state index is 11.0. The van der Waals surface area contributed by atoms with Crippen LogP contribution >= 0.6 is 0 Å². The van der Waals surface area contributed by atoms with Gasteiger partial charge < -0.3 is 5.73 Å². The van der Waals surface area contributed by atoms with Crippen LogP contribution < -0.4 is 5.73 Å². The minimum absolute atomic E-state index is 0.0330. The van der Waals surface area contributed by atoms with Crippen molar-refractivity contribution in [3.63, 3.8) is 0 Å². The lowest BCUT2D eigenvalue weighted by molar-refractivity contribution is -0.130. The standard InChI is InChI=1S/C7H13NO/c1-7(3-2-4-7)6(9)5-8/h2-5,8H2,1H3. The molecule has 0 heterocycles. The van der Waals surface area contributed by atoms with E-state index < -0.39 is 0 Å². The molecular weight excluding hydrogens is 114 g/mol. The first-order valence-corrected chi connectivity index (χ1v) is 3.42. The molecule has 0 aromatic heterocycles. The summed E-state index contributed by atoms with van der Waals surface area (Å²) < 4.78 is 0. The average Bonchev–Trinajstić information content (AvgIpc) is 1.81. The van der Waals surface area contributed by atoms with Crippen LogP contribution in [0, 0.1) is 5.41 Å². The van der Waals surface area contributed by atoms with Crippen molar-refractivity contribution in [1.82, 2.24) is 0 Å². The number of rotatable bonds is 2. The molecule has 0 saturated heterocycles. The summed E-state index contributed by atoms with van der Waals surface area (Å²) in [7, 11) is 0. The van der Waals surface area contributed by atoms with Gasteiger partial charge in [0.05, 0.1) is 6.54 Å². The van der Waals surface area contributed by atoms with Crippen LogP contribution in [0.4, 0.5) is 0 Å². The van der Waals surface area contributed by atoms with Crippen LogP contribution in [0.3, 0.4) is 0 Å². The molecule has 2 N–H and O–H groups in total. The zero-order valence-electron chi connectivity index (χ0n) is 5.81. The van der Waals surface area contributed by atoms with Gasteiger partial charge in [-0.15, -0.1) is 0 Å². The summed E-state index contributed by atoms with van der Waals surface area (Å²) in [6.07, 6.45) is 3.29. The molecule has 0 spiro atoms.